The van der Waals surface area contributed by atoms with E-state index in [0.717, 1.165) is 24.3 Å². The summed E-state index contributed by atoms with van der Waals surface area (Å²) >= 11 is 1.38. The number of carbonyl (C=O) groups is 1. The molecular weight excluding hydrogens is 436 g/mol. The van der Waals surface area contributed by atoms with Crippen LogP contribution in [0.3, 0.4) is 0 Å². The molecule has 2 aromatic heterocycles. The second-order valence-electron chi connectivity index (χ2n) is 7.17. The molecule has 0 radical (unpaired) electrons. The molecule has 1 aliphatic heterocycles. The molecule has 0 spiro atoms. The van der Waals surface area contributed by atoms with Crippen molar-refractivity contribution < 1.29 is 17.7 Å². The Labute approximate surface area is 185 Å². The number of nitrogens with one attached hydrogen (secondary N) is 1. The third-order valence-corrected chi connectivity index (χ3v) is 7.78. The van der Waals surface area contributed by atoms with Crippen LogP contribution in [-0.2, 0) is 15.8 Å². The number of benzene rings is 1. The summed E-state index contributed by atoms with van der Waals surface area (Å²) in [5, 5.41) is 7.30. The molecule has 8 nitrogen and oxygen atoms in total. The zero-order valence-corrected chi connectivity index (χ0v) is 18.6. The number of carbonyl (C=O) groups excluding carboxylic acids is 1. The summed E-state index contributed by atoms with van der Waals surface area (Å²) in [5.41, 5.74) is 1.58. The van der Waals surface area contributed by atoms with Gasteiger partial charge in [0.05, 0.1) is 16.2 Å². The predicted octanol–water partition coefficient (Wildman–Crippen LogP) is 3.71. The molecule has 10 heteroatoms. The first kappa shape index (κ1) is 21.5. The van der Waals surface area contributed by atoms with Crippen LogP contribution in [0.15, 0.2) is 63.1 Å². The van der Waals surface area contributed by atoms with Gasteiger partial charge in [-0.3, -0.25) is 4.79 Å². The Morgan fingerprint density at radius 3 is 2.74 bits per heavy atom. The maximum atomic E-state index is 12.9. The number of amides is 1. The van der Waals surface area contributed by atoms with Gasteiger partial charge < -0.3 is 9.84 Å². The highest BCUT2D eigenvalue weighted by molar-refractivity contribution is 7.98. The van der Waals surface area contributed by atoms with E-state index in [4.69, 9.17) is 4.52 Å². The summed E-state index contributed by atoms with van der Waals surface area (Å²) in [4.78, 5) is 17.4. The second-order valence-corrected chi connectivity index (χ2v) is 10.1. The SMILES string of the molecule is Cc1cc(CSc2ncccc2C(=O)Nc2cccc(S(=O)(=O)N3CCCC3)c2)no1. The monoisotopic (exact) mass is 458 g/mol. The van der Waals surface area contributed by atoms with E-state index in [1.54, 1.807) is 36.5 Å². The molecule has 1 aliphatic rings. The van der Waals surface area contributed by atoms with Crippen LogP contribution in [0.1, 0.15) is 34.7 Å². The molecule has 1 N–H and O–H groups in total. The van der Waals surface area contributed by atoms with E-state index in [-0.39, 0.29) is 10.8 Å². The molecule has 4 rings (SSSR count). The molecule has 0 unspecified atom stereocenters. The van der Waals surface area contributed by atoms with Crippen LogP contribution >= 0.6 is 11.8 Å². The van der Waals surface area contributed by atoms with Crippen molar-refractivity contribution in [3.05, 3.63) is 65.7 Å². The highest BCUT2D eigenvalue weighted by Crippen LogP contribution is 2.26. The van der Waals surface area contributed by atoms with Crippen LogP contribution < -0.4 is 5.32 Å². The van der Waals surface area contributed by atoms with E-state index in [1.807, 2.05) is 13.0 Å². The molecule has 1 fully saturated rings. The molecule has 1 aromatic carbocycles. The van der Waals surface area contributed by atoms with Crippen molar-refractivity contribution in [2.24, 2.45) is 0 Å². The molecule has 0 aliphatic carbocycles. The van der Waals surface area contributed by atoms with Crippen molar-refractivity contribution in [3.8, 4) is 0 Å². The average Bonchev–Trinajstić information content (AvgIpc) is 3.45. The van der Waals surface area contributed by atoms with Crippen molar-refractivity contribution in [1.82, 2.24) is 14.4 Å². The van der Waals surface area contributed by atoms with Gasteiger partial charge in [0, 0.05) is 36.8 Å². The predicted molar refractivity (Wildman–Crippen MR) is 117 cm³/mol. The third-order valence-electron chi connectivity index (χ3n) is 4.84. The molecule has 31 heavy (non-hydrogen) atoms. The first-order chi connectivity index (χ1) is 14.9. The van der Waals surface area contributed by atoms with Crippen LogP contribution in [0, 0.1) is 6.92 Å². The lowest BCUT2D eigenvalue weighted by Crippen LogP contribution is -2.27. The summed E-state index contributed by atoms with van der Waals surface area (Å²) in [7, 11) is -3.56. The van der Waals surface area contributed by atoms with Gasteiger partial charge in [-0.2, -0.15) is 4.31 Å². The van der Waals surface area contributed by atoms with Gasteiger partial charge in [-0.05, 0) is 50.1 Å². The van der Waals surface area contributed by atoms with E-state index in [2.05, 4.69) is 15.5 Å². The zero-order chi connectivity index (χ0) is 21.8. The number of rotatable bonds is 7. The third kappa shape index (κ3) is 4.97. The smallest absolute Gasteiger partial charge is 0.258 e. The lowest BCUT2D eigenvalue weighted by molar-refractivity contribution is 0.102. The fourth-order valence-corrected chi connectivity index (χ4v) is 5.75. The van der Waals surface area contributed by atoms with Gasteiger partial charge >= 0.3 is 0 Å². The first-order valence-corrected chi connectivity index (χ1v) is 12.3. The van der Waals surface area contributed by atoms with Crippen molar-refractivity contribution >= 4 is 33.4 Å². The minimum Gasteiger partial charge on any atom is -0.361 e. The van der Waals surface area contributed by atoms with E-state index in [0.29, 0.717) is 35.1 Å². The van der Waals surface area contributed by atoms with Gasteiger partial charge in [0.25, 0.3) is 5.91 Å². The largest absolute Gasteiger partial charge is 0.361 e. The lowest BCUT2D eigenvalue weighted by atomic mass is 10.2. The summed E-state index contributed by atoms with van der Waals surface area (Å²) in [6.45, 7) is 2.87. The van der Waals surface area contributed by atoms with Crippen LogP contribution in [0.25, 0.3) is 0 Å². The Hall–Kier alpha value is -2.69. The van der Waals surface area contributed by atoms with E-state index >= 15 is 0 Å². The van der Waals surface area contributed by atoms with Crippen LogP contribution in [0.4, 0.5) is 5.69 Å². The molecule has 0 bridgehead atoms. The topological polar surface area (TPSA) is 105 Å². The van der Waals surface area contributed by atoms with Crippen molar-refractivity contribution in [2.75, 3.05) is 18.4 Å². The van der Waals surface area contributed by atoms with Crippen LogP contribution in [0.2, 0.25) is 0 Å². The number of nitrogens with zero attached hydrogens (tertiary/aromatic N) is 3. The Bertz CT molecular complexity index is 1190. The maximum absolute atomic E-state index is 12.9. The molecule has 162 valence electrons. The van der Waals surface area contributed by atoms with Crippen molar-refractivity contribution in [2.45, 2.75) is 35.4 Å². The maximum Gasteiger partial charge on any atom is 0.258 e. The molecule has 0 atom stereocenters. The molecule has 1 amide bonds. The molecule has 3 heterocycles. The minimum absolute atomic E-state index is 0.175. The number of hydrogen-bond acceptors (Lipinski definition) is 7. The van der Waals surface area contributed by atoms with Gasteiger partial charge in [0.15, 0.2) is 0 Å². The summed E-state index contributed by atoms with van der Waals surface area (Å²) in [6, 6.07) is 11.5. The average molecular weight is 459 g/mol. The summed E-state index contributed by atoms with van der Waals surface area (Å²) in [5.74, 6) is 0.874. The summed E-state index contributed by atoms with van der Waals surface area (Å²) in [6.07, 6.45) is 3.35. The van der Waals surface area contributed by atoms with Gasteiger partial charge in [-0.25, -0.2) is 13.4 Å². The minimum atomic E-state index is -3.56. The Morgan fingerprint density at radius 2 is 2.00 bits per heavy atom. The van der Waals surface area contributed by atoms with Gasteiger partial charge in [-0.15, -0.1) is 0 Å². The quantitative estimate of drug-likeness (QED) is 0.538. The number of anilines is 1. The molecule has 0 saturated carbocycles. The number of hydrogen-bond donors (Lipinski definition) is 1. The Morgan fingerprint density at radius 1 is 1.19 bits per heavy atom. The van der Waals surface area contributed by atoms with E-state index in [9.17, 15) is 13.2 Å². The molecule has 1 saturated heterocycles. The number of pyridine rings is 1. The van der Waals surface area contributed by atoms with Crippen LogP contribution in [0.5, 0.6) is 0 Å². The second kappa shape index (κ2) is 9.21. The zero-order valence-electron chi connectivity index (χ0n) is 16.9. The molecule has 3 aromatic rings. The van der Waals surface area contributed by atoms with Crippen molar-refractivity contribution in [1.29, 1.82) is 0 Å². The Balaban J connectivity index is 1.50. The van der Waals surface area contributed by atoms with Crippen LogP contribution in [-0.4, -0.2) is 41.9 Å². The Kier molecular flexibility index (Phi) is 6.40. The fourth-order valence-electron chi connectivity index (χ4n) is 3.32. The van der Waals surface area contributed by atoms with Gasteiger partial charge in [0.1, 0.15) is 10.8 Å². The molecular formula is C21H22N4O4S2. The number of thioether (sulfide) groups is 1. The number of aryl methyl sites for hydroxylation is 1. The highest BCUT2D eigenvalue weighted by atomic mass is 32.2. The van der Waals surface area contributed by atoms with Gasteiger partial charge in [-0.1, -0.05) is 23.0 Å². The standard InChI is InChI=1S/C21H22N4O4S2/c1-15-12-17(24-29-15)14-30-21-19(8-5-9-22-21)20(26)23-16-6-4-7-18(13-16)31(27,28)25-10-2-3-11-25/h4-9,12-13H,2-3,10-11,14H2,1H3,(H,23,26). The van der Waals surface area contributed by atoms with E-state index in [1.165, 1.54) is 22.1 Å². The highest BCUT2D eigenvalue weighted by Gasteiger charge is 2.27. The summed E-state index contributed by atoms with van der Waals surface area (Å²) < 4.78 is 32.2. The first-order valence-electron chi connectivity index (χ1n) is 9.85. The van der Waals surface area contributed by atoms with Crippen molar-refractivity contribution in [3.63, 3.8) is 0 Å². The lowest BCUT2D eigenvalue weighted by Gasteiger charge is -2.16. The normalized spacial score (nSPS) is 14.6. The number of aromatic nitrogens is 2. The van der Waals surface area contributed by atoms with Gasteiger partial charge in [0.2, 0.25) is 10.0 Å². The number of sulfonamides is 1. The van der Waals surface area contributed by atoms with E-state index < -0.39 is 10.0 Å². The fraction of sp³-hybridized carbons (Fsp3) is 0.286.